The minimum Gasteiger partial charge on any atom is -0.361 e. The molecule has 0 bridgehead atoms. The number of anilines is 2. The second-order valence-electron chi connectivity index (χ2n) is 5.49. The Morgan fingerprint density at radius 1 is 0.667 bits per heavy atom. The van der Waals surface area contributed by atoms with Gasteiger partial charge < -0.3 is 21.3 Å². The van der Waals surface area contributed by atoms with Crippen molar-refractivity contribution in [2.45, 2.75) is 13.8 Å². The third-order valence-electron chi connectivity index (χ3n) is 3.31. The van der Waals surface area contributed by atoms with Crippen molar-refractivity contribution in [1.29, 1.82) is 0 Å². The highest BCUT2D eigenvalue weighted by atomic mass is 32.1. The number of rotatable bonds is 5. The van der Waals surface area contributed by atoms with Crippen molar-refractivity contribution in [3.8, 4) is 0 Å². The van der Waals surface area contributed by atoms with Gasteiger partial charge in [0.2, 0.25) is 0 Å². The van der Waals surface area contributed by atoms with Crippen molar-refractivity contribution in [3.63, 3.8) is 0 Å². The lowest BCUT2D eigenvalue weighted by atomic mass is 10.2. The highest BCUT2D eigenvalue weighted by Gasteiger charge is 1.99. The summed E-state index contributed by atoms with van der Waals surface area (Å²) in [7, 11) is 0. The summed E-state index contributed by atoms with van der Waals surface area (Å²) in [6, 6.07) is 16.2. The Labute approximate surface area is 154 Å². The Morgan fingerprint density at radius 2 is 1.00 bits per heavy atom. The molecule has 0 amide bonds. The van der Waals surface area contributed by atoms with Crippen LogP contribution in [0.4, 0.5) is 11.4 Å². The first-order valence-corrected chi connectivity index (χ1v) is 8.57. The molecule has 24 heavy (non-hydrogen) atoms. The lowest BCUT2D eigenvalue weighted by Crippen LogP contribution is -2.38. The monoisotopic (exact) mass is 358 g/mol. The van der Waals surface area contributed by atoms with Gasteiger partial charge in [-0.3, -0.25) is 0 Å². The fourth-order valence-electron chi connectivity index (χ4n) is 1.98. The Hall–Kier alpha value is -2.18. The third-order valence-corrected chi connectivity index (χ3v) is 3.81. The summed E-state index contributed by atoms with van der Waals surface area (Å²) in [5.41, 5.74) is 4.39. The summed E-state index contributed by atoms with van der Waals surface area (Å²) in [4.78, 5) is 0. The molecule has 0 saturated carbocycles. The molecule has 2 rings (SSSR count). The van der Waals surface area contributed by atoms with E-state index in [4.69, 9.17) is 24.4 Å². The van der Waals surface area contributed by atoms with Gasteiger partial charge in [0.25, 0.3) is 0 Å². The van der Waals surface area contributed by atoms with Crippen LogP contribution in [0.2, 0.25) is 0 Å². The largest absolute Gasteiger partial charge is 0.361 e. The van der Waals surface area contributed by atoms with Crippen LogP contribution in [0, 0.1) is 13.8 Å². The summed E-state index contributed by atoms with van der Waals surface area (Å²) in [6.45, 7) is 5.46. The SMILES string of the molecule is Cc1ccc(NC(=S)NCCNC(=S)Nc2ccc(C)cc2)cc1. The van der Waals surface area contributed by atoms with Crippen LogP contribution >= 0.6 is 24.4 Å². The van der Waals surface area contributed by atoms with E-state index in [0.717, 1.165) is 11.4 Å². The van der Waals surface area contributed by atoms with E-state index in [9.17, 15) is 0 Å². The molecule has 126 valence electrons. The maximum atomic E-state index is 5.27. The van der Waals surface area contributed by atoms with Gasteiger partial charge in [-0.25, -0.2) is 0 Å². The van der Waals surface area contributed by atoms with Crippen molar-refractivity contribution in [3.05, 3.63) is 59.7 Å². The van der Waals surface area contributed by atoms with E-state index in [1.807, 2.05) is 48.5 Å². The van der Waals surface area contributed by atoms with Crippen LogP contribution in [-0.2, 0) is 0 Å². The minimum atomic E-state index is 0.595. The molecule has 0 saturated heterocycles. The molecule has 0 aliphatic carbocycles. The van der Waals surface area contributed by atoms with E-state index in [1.165, 1.54) is 11.1 Å². The predicted molar refractivity (Wildman–Crippen MR) is 111 cm³/mol. The van der Waals surface area contributed by atoms with Gasteiger partial charge in [-0.05, 0) is 62.5 Å². The van der Waals surface area contributed by atoms with E-state index in [-0.39, 0.29) is 0 Å². The molecular weight excluding hydrogens is 336 g/mol. The van der Waals surface area contributed by atoms with Gasteiger partial charge in [0.05, 0.1) is 0 Å². The molecule has 0 radical (unpaired) electrons. The van der Waals surface area contributed by atoms with E-state index < -0.39 is 0 Å². The van der Waals surface area contributed by atoms with Crippen molar-refractivity contribution in [2.24, 2.45) is 0 Å². The van der Waals surface area contributed by atoms with E-state index in [2.05, 4.69) is 35.1 Å². The maximum absolute atomic E-state index is 5.27. The summed E-state index contributed by atoms with van der Waals surface area (Å²) in [5, 5.41) is 13.8. The molecule has 2 aromatic rings. The highest BCUT2D eigenvalue weighted by Crippen LogP contribution is 2.08. The maximum Gasteiger partial charge on any atom is 0.170 e. The number of benzene rings is 2. The Balaban J connectivity index is 1.63. The molecule has 0 aliphatic heterocycles. The minimum absolute atomic E-state index is 0.595. The van der Waals surface area contributed by atoms with Crippen LogP contribution < -0.4 is 21.3 Å². The Morgan fingerprint density at radius 3 is 1.33 bits per heavy atom. The molecule has 0 aromatic heterocycles. The van der Waals surface area contributed by atoms with Crippen LogP contribution in [0.5, 0.6) is 0 Å². The van der Waals surface area contributed by atoms with Crippen LogP contribution in [0.3, 0.4) is 0 Å². The van der Waals surface area contributed by atoms with Gasteiger partial charge in [0.1, 0.15) is 0 Å². The van der Waals surface area contributed by atoms with E-state index >= 15 is 0 Å². The average molecular weight is 359 g/mol. The van der Waals surface area contributed by atoms with Gasteiger partial charge in [0.15, 0.2) is 10.2 Å². The van der Waals surface area contributed by atoms with Crippen molar-refractivity contribution in [1.82, 2.24) is 10.6 Å². The smallest absolute Gasteiger partial charge is 0.170 e. The zero-order valence-corrected chi connectivity index (χ0v) is 15.5. The number of aryl methyl sites for hydroxylation is 2. The lowest BCUT2D eigenvalue weighted by molar-refractivity contribution is 0.821. The first-order chi connectivity index (χ1) is 11.5. The molecular formula is C18H22N4S2. The standard InChI is InChI=1S/C18H22N4S2/c1-13-3-7-15(8-4-13)21-17(23)19-11-12-20-18(24)22-16-9-5-14(2)6-10-16/h3-10H,11-12H2,1-2H3,(H2,19,21,23)(H2,20,22,24). The van der Waals surface area contributed by atoms with Gasteiger partial charge in [-0.15, -0.1) is 0 Å². The molecule has 4 N–H and O–H groups in total. The van der Waals surface area contributed by atoms with Crippen molar-refractivity contribution in [2.75, 3.05) is 23.7 Å². The normalized spacial score (nSPS) is 9.92. The zero-order chi connectivity index (χ0) is 17.4. The molecule has 4 nitrogen and oxygen atoms in total. The van der Waals surface area contributed by atoms with E-state index in [1.54, 1.807) is 0 Å². The molecule has 0 unspecified atom stereocenters. The molecule has 0 aliphatic rings. The zero-order valence-electron chi connectivity index (χ0n) is 13.8. The lowest BCUT2D eigenvalue weighted by Gasteiger charge is -2.13. The van der Waals surface area contributed by atoms with Crippen LogP contribution in [0.1, 0.15) is 11.1 Å². The first kappa shape index (κ1) is 18.2. The van der Waals surface area contributed by atoms with E-state index in [0.29, 0.717) is 23.3 Å². The highest BCUT2D eigenvalue weighted by molar-refractivity contribution is 7.80. The van der Waals surface area contributed by atoms with Crippen LogP contribution in [0.25, 0.3) is 0 Å². The fourth-order valence-corrected chi connectivity index (χ4v) is 2.42. The Bertz CT molecular complexity index is 620. The second kappa shape index (κ2) is 9.20. The van der Waals surface area contributed by atoms with Gasteiger partial charge in [0, 0.05) is 24.5 Å². The number of hydrogen-bond donors (Lipinski definition) is 4. The van der Waals surface area contributed by atoms with Gasteiger partial charge in [-0.2, -0.15) is 0 Å². The van der Waals surface area contributed by atoms with Gasteiger partial charge >= 0.3 is 0 Å². The molecule has 0 spiro atoms. The van der Waals surface area contributed by atoms with Crippen molar-refractivity contribution >= 4 is 46.0 Å². The molecule has 0 fully saturated rings. The van der Waals surface area contributed by atoms with Crippen LogP contribution in [-0.4, -0.2) is 23.3 Å². The van der Waals surface area contributed by atoms with Gasteiger partial charge in [-0.1, -0.05) is 35.4 Å². The summed E-state index contributed by atoms with van der Waals surface area (Å²) >= 11 is 10.5. The topological polar surface area (TPSA) is 48.1 Å². The molecule has 2 aromatic carbocycles. The molecule has 6 heteroatoms. The Kier molecular flexibility index (Phi) is 6.96. The molecule has 0 atom stereocenters. The fraction of sp³-hybridized carbons (Fsp3) is 0.222. The first-order valence-electron chi connectivity index (χ1n) is 7.76. The summed E-state index contributed by atoms with van der Waals surface area (Å²) in [6.07, 6.45) is 0. The quantitative estimate of drug-likeness (QED) is 0.484. The average Bonchev–Trinajstić information content (AvgIpc) is 2.56. The number of thiocarbonyl (C=S) groups is 2. The summed E-state index contributed by atoms with van der Waals surface area (Å²) in [5.74, 6) is 0. The molecule has 0 heterocycles. The predicted octanol–water partition coefficient (Wildman–Crippen LogP) is 3.58. The number of nitrogens with one attached hydrogen (secondary N) is 4. The number of hydrogen-bond acceptors (Lipinski definition) is 2. The third kappa shape index (κ3) is 6.52. The summed E-state index contributed by atoms with van der Waals surface area (Å²) < 4.78 is 0. The second-order valence-corrected chi connectivity index (χ2v) is 6.31. The van der Waals surface area contributed by atoms with Crippen molar-refractivity contribution < 1.29 is 0 Å². The van der Waals surface area contributed by atoms with Crippen LogP contribution in [0.15, 0.2) is 48.5 Å².